The Labute approximate surface area is 215 Å². The molecule has 7 heteroatoms. The van der Waals surface area contributed by atoms with Crippen LogP contribution in [0.2, 0.25) is 0 Å². The van der Waals surface area contributed by atoms with Gasteiger partial charge in [0.15, 0.2) is 0 Å². The lowest BCUT2D eigenvalue weighted by molar-refractivity contribution is 0.101. The number of hydrogen-bond donors (Lipinski definition) is 2. The normalized spacial score (nSPS) is 16.2. The highest BCUT2D eigenvalue weighted by molar-refractivity contribution is 7.17. The minimum atomic E-state index is -0.0595. The Bertz CT molecular complexity index is 1370. The van der Waals surface area contributed by atoms with E-state index in [1.54, 1.807) is 11.3 Å². The molecule has 2 aliphatic heterocycles. The third-order valence-electron chi connectivity index (χ3n) is 7.38. The Morgan fingerprint density at radius 3 is 2.78 bits per heavy atom. The minimum absolute atomic E-state index is 0.0595. The van der Waals surface area contributed by atoms with E-state index in [-0.39, 0.29) is 5.91 Å². The highest BCUT2D eigenvalue weighted by atomic mass is 32.1. The fourth-order valence-corrected chi connectivity index (χ4v) is 6.28. The topological polar surface area (TPSA) is 58.5 Å². The third kappa shape index (κ3) is 4.61. The Hall–Kier alpha value is -3.29. The van der Waals surface area contributed by atoms with Gasteiger partial charge in [-0.3, -0.25) is 4.79 Å². The first-order valence-electron chi connectivity index (χ1n) is 12.8. The lowest BCUT2D eigenvalue weighted by Gasteiger charge is -2.32. The molecule has 36 heavy (non-hydrogen) atoms. The molecule has 4 aromatic rings. The molecule has 4 heterocycles. The predicted octanol–water partition coefficient (Wildman–Crippen LogP) is 5.58. The van der Waals surface area contributed by atoms with Crippen LogP contribution in [0, 0.1) is 0 Å². The quantitative estimate of drug-likeness (QED) is 0.363. The molecule has 2 aromatic heterocycles. The summed E-state index contributed by atoms with van der Waals surface area (Å²) < 4.78 is 9.28. The number of ether oxygens (including phenoxy) is 1. The Morgan fingerprint density at radius 1 is 1.14 bits per heavy atom. The summed E-state index contributed by atoms with van der Waals surface area (Å²) in [5.41, 5.74) is 6.39. The number of hydrogen-bond acceptors (Lipinski definition) is 5. The molecular formula is C29H32N4O2S. The summed E-state index contributed by atoms with van der Waals surface area (Å²) in [6, 6.07) is 18.9. The lowest BCUT2D eigenvalue weighted by Crippen LogP contribution is -2.34. The zero-order valence-electron chi connectivity index (χ0n) is 20.6. The summed E-state index contributed by atoms with van der Waals surface area (Å²) in [4.78, 5) is 15.6. The Kier molecular flexibility index (Phi) is 6.42. The Balaban J connectivity index is 1.16. The summed E-state index contributed by atoms with van der Waals surface area (Å²) in [6.45, 7) is 3.91. The number of aryl methyl sites for hydroxylation is 1. The van der Waals surface area contributed by atoms with E-state index in [1.165, 1.54) is 16.8 Å². The summed E-state index contributed by atoms with van der Waals surface area (Å²) in [5.74, 6) is 0.894. The van der Waals surface area contributed by atoms with E-state index in [0.29, 0.717) is 11.8 Å². The lowest BCUT2D eigenvalue weighted by atomic mass is 9.98. The molecule has 6 rings (SSSR count). The molecule has 2 aromatic carbocycles. The number of nitrogens with one attached hydrogen (secondary N) is 2. The van der Waals surface area contributed by atoms with E-state index in [0.717, 1.165) is 73.5 Å². The Morgan fingerprint density at radius 2 is 1.97 bits per heavy atom. The van der Waals surface area contributed by atoms with Crippen molar-refractivity contribution in [2.75, 3.05) is 29.9 Å². The first-order valence-corrected chi connectivity index (χ1v) is 13.7. The van der Waals surface area contributed by atoms with Crippen LogP contribution in [0.5, 0.6) is 5.75 Å². The second-order valence-electron chi connectivity index (χ2n) is 9.75. The molecule has 2 aliphatic rings. The summed E-state index contributed by atoms with van der Waals surface area (Å²) >= 11 is 1.66. The average Bonchev–Trinajstić information content (AvgIpc) is 3.49. The van der Waals surface area contributed by atoms with Gasteiger partial charge in [0.1, 0.15) is 17.5 Å². The first kappa shape index (κ1) is 23.1. The van der Waals surface area contributed by atoms with Crippen LogP contribution < -0.4 is 20.3 Å². The van der Waals surface area contributed by atoms with Crippen molar-refractivity contribution in [3.05, 3.63) is 76.8 Å². The maximum absolute atomic E-state index is 13.2. The molecule has 2 N–H and O–H groups in total. The number of amides is 1. The van der Waals surface area contributed by atoms with Gasteiger partial charge in [0.25, 0.3) is 5.91 Å². The highest BCUT2D eigenvalue weighted by Gasteiger charge is 2.22. The van der Waals surface area contributed by atoms with Crippen LogP contribution in [0.3, 0.4) is 0 Å². The molecule has 6 nitrogen and oxygen atoms in total. The van der Waals surface area contributed by atoms with Crippen LogP contribution in [0.25, 0.3) is 10.2 Å². The number of aromatic nitrogens is 1. The number of nitrogens with zero attached hydrogens (tertiary/aromatic N) is 2. The number of piperidine rings is 1. The van der Waals surface area contributed by atoms with Crippen molar-refractivity contribution in [2.24, 2.45) is 7.05 Å². The van der Waals surface area contributed by atoms with E-state index < -0.39 is 0 Å². The number of carbonyl (C=O) groups is 1. The van der Waals surface area contributed by atoms with Crippen LogP contribution in [-0.2, 0) is 20.0 Å². The summed E-state index contributed by atoms with van der Waals surface area (Å²) in [6.07, 6.45) is 4.47. The van der Waals surface area contributed by atoms with E-state index in [4.69, 9.17) is 4.74 Å². The van der Waals surface area contributed by atoms with Crippen molar-refractivity contribution in [1.82, 2.24) is 9.88 Å². The fraction of sp³-hybridized carbons (Fsp3) is 0.345. The van der Waals surface area contributed by atoms with E-state index in [1.807, 2.05) is 29.8 Å². The van der Waals surface area contributed by atoms with Gasteiger partial charge >= 0.3 is 0 Å². The second-order valence-corrected chi connectivity index (χ2v) is 10.7. The molecule has 0 aliphatic carbocycles. The standard InChI is InChI=1S/C29H32N4O2S/c1-32-26-13-17-36-28(26)18-27(32)29(34)31-24-5-2-6-25-23(24)4-3-16-33(25)19-20-7-9-21(10-8-20)35-22-11-14-30-15-12-22/h2,5-10,13,17-18,22,30H,3-4,11-12,14-16,19H2,1H3,(H,31,34). The van der Waals surface area contributed by atoms with Crippen molar-refractivity contribution < 1.29 is 9.53 Å². The molecule has 1 amide bonds. The molecule has 1 fully saturated rings. The molecule has 0 radical (unpaired) electrons. The van der Waals surface area contributed by atoms with Crippen LogP contribution in [0.1, 0.15) is 40.9 Å². The predicted molar refractivity (Wildman–Crippen MR) is 148 cm³/mol. The number of carbonyl (C=O) groups excluding carboxylic acids is 1. The summed E-state index contributed by atoms with van der Waals surface area (Å²) in [5, 5.41) is 8.65. The maximum Gasteiger partial charge on any atom is 0.272 e. The van der Waals surface area contributed by atoms with Gasteiger partial charge in [-0.1, -0.05) is 18.2 Å². The van der Waals surface area contributed by atoms with E-state index in [9.17, 15) is 4.79 Å². The van der Waals surface area contributed by atoms with Crippen LogP contribution in [-0.4, -0.2) is 36.2 Å². The second kappa shape index (κ2) is 9.99. The van der Waals surface area contributed by atoms with Crippen molar-refractivity contribution in [2.45, 2.75) is 38.3 Å². The largest absolute Gasteiger partial charge is 0.490 e. The van der Waals surface area contributed by atoms with Gasteiger partial charge < -0.3 is 24.8 Å². The van der Waals surface area contributed by atoms with Crippen molar-refractivity contribution >= 4 is 38.8 Å². The van der Waals surface area contributed by atoms with E-state index >= 15 is 0 Å². The number of benzene rings is 2. The molecule has 1 saturated heterocycles. The van der Waals surface area contributed by atoms with Crippen LogP contribution in [0.4, 0.5) is 11.4 Å². The SMILES string of the molecule is Cn1c(C(=O)Nc2cccc3c2CCCN3Cc2ccc(OC3CCNCC3)cc2)cc2sccc21. The molecule has 0 atom stereocenters. The van der Waals surface area contributed by atoms with Crippen molar-refractivity contribution in [1.29, 1.82) is 0 Å². The van der Waals surface area contributed by atoms with Gasteiger partial charge in [0.05, 0.1) is 10.2 Å². The monoisotopic (exact) mass is 500 g/mol. The van der Waals surface area contributed by atoms with Crippen LogP contribution in [0.15, 0.2) is 60.0 Å². The van der Waals surface area contributed by atoms with Gasteiger partial charge in [0.2, 0.25) is 0 Å². The molecule has 0 bridgehead atoms. The van der Waals surface area contributed by atoms with Gasteiger partial charge in [-0.25, -0.2) is 0 Å². The highest BCUT2D eigenvalue weighted by Crippen LogP contribution is 2.34. The fourth-order valence-electron chi connectivity index (χ4n) is 5.44. The van der Waals surface area contributed by atoms with Gasteiger partial charge in [-0.15, -0.1) is 11.3 Å². The zero-order valence-corrected chi connectivity index (χ0v) is 21.4. The van der Waals surface area contributed by atoms with Gasteiger partial charge in [0, 0.05) is 31.5 Å². The molecule has 0 spiro atoms. The smallest absolute Gasteiger partial charge is 0.272 e. The van der Waals surface area contributed by atoms with E-state index in [2.05, 4.69) is 57.3 Å². The molecule has 186 valence electrons. The number of fused-ring (bicyclic) bond motifs is 2. The minimum Gasteiger partial charge on any atom is -0.490 e. The van der Waals surface area contributed by atoms with Gasteiger partial charge in [-0.2, -0.15) is 0 Å². The maximum atomic E-state index is 13.2. The van der Waals surface area contributed by atoms with Crippen molar-refractivity contribution in [3.63, 3.8) is 0 Å². The first-order chi connectivity index (χ1) is 17.7. The molecular weight excluding hydrogens is 468 g/mol. The molecule has 0 unspecified atom stereocenters. The third-order valence-corrected chi connectivity index (χ3v) is 8.23. The number of thiophene rings is 1. The number of anilines is 2. The molecule has 0 saturated carbocycles. The van der Waals surface area contributed by atoms with Crippen LogP contribution >= 0.6 is 11.3 Å². The van der Waals surface area contributed by atoms with Gasteiger partial charge in [-0.05, 0) is 91.7 Å². The van der Waals surface area contributed by atoms with Crippen molar-refractivity contribution in [3.8, 4) is 5.75 Å². The number of rotatable bonds is 6. The summed E-state index contributed by atoms with van der Waals surface area (Å²) in [7, 11) is 1.95. The average molecular weight is 501 g/mol. The zero-order chi connectivity index (χ0) is 24.5.